The Balaban J connectivity index is 1.39. The van der Waals surface area contributed by atoms with Crippen LogP contribution in [0.15, 0.2) is 53.4 Å². The van der Waals surface area contributed by atoms with E-state index in [4.69, 9.17) is 4.98 Å². The van der Waals surface area contributed by atoms with Crippen LogP contribution >= 0.6 is 11.3 Å². The number of fused-ring (bicyclic) bond motifs is 1. The standard InChI is InChI=1S/C21H23N3O3S2/c1-15-8-10-16(11-9-15)29(26,27)22-13-12-20(25)24-14-4-6-18(24)21-23-17-5-2-3-7-19(17)28-21/h2-3,5,7-11,18,22H,4,6,12-14H2,1H3/t18-/m1/s1. The first kappa shape index (κ1) is 20.0. The van der Waals surface area contributed by atoms with Crippen LogP contribution in [-0.4, -0.2) is 37.3 Å². The number of aromatic nitrogens is 1. The number of aryl methyl sites for hydroxylation is 1. The van der Waals surface area contributed by atoms with Crippen LogP contribution in [0.25, 0.3) is 10.2 Å². The molecule has 0 unspecified atom stereocenters. The molecule has 0 aliphatic carbocycles. The highest BCUT2D eigenvalue weighted by Crippen LogP contribution is 2.36. The Morgan fingerprint density at radius 3 is 2.72 bits per heavy atom. The second-order valence-electron chi connectivity index (χ2n) is 7.23. The van der Waals surface area contributed by atoms with Crippen molar-refractivity contribution in [2.45, 2.75) is 37.1 Å². The molecule has 1 saturated heterocycles. The van der Waals surface area contributed by atoms with Crippen molar-refractivity contribution in [2.75, 3.05) is 13.1 Å². The predicted molar refractivity (Wildman–Crippen MR) is 114 cm³/mol. The summed E-state index contributed by atoms with van der Waals surface area (Å²) >= 11 is 1.63. The number of likely N-dealkylation sites (tertiary alicyclic amines) is 1. The predicted octanol–water partition coefficient (Wildman–Crippen LogP) is 3.64. The van der Waals surface area contributed by atoms with E-state index in [0.29, 0.717) is 6.54 Å². The van der Waals surface area contributed by atoms with Crippen molar-refractivity contribution < 1.29 is 13.2 Å². The molecule has 1 aliphatic heterocycles. The van der Waals surface area contributed by atoms with Crippen LogP contribution in [-0.2, 0) is 14.8 Å². The normalized spacial score (nSPS) is 17.1. The molecule has 3 aromatic rings. The summed E-state index contributed by atoms with van der Waals surface area (Å²) in [6.45, 7) is 2.67. The summed E-state index contributed by atoms with van der Waals surface area (Å²) in [5.74, 6) is -0.0432. The van der Waals surface area contributed by atoms with E-state index in [9.17, 15) is 13.2 Å². The lowest BCUT2D eigenvalue weighted by atomic mass is 10.2. The zero-order chi connectivity index (χ0) is 20.4. The van der Waals surface area contributed by atoms with Crippen LogP contribution in [0.1, 0.15) is 35.9 Å². The monoisotopic (exact) mass is 429 g/mol. The van der Waals surface area contributed by atoms with Gasteiger partial charge < -0.3 is 4.90 Å². The quantitative estimate of drug-likeness (QED) is 0.649. The van der Waals surface area contributed by atoms with Gasteiger partial charge in [0.25, 0.3) is 0 Å². The van der Waals surface area contributed by atoms with Crippen LogP contribution in [0.5, 0.6) is 0 Å². The Hall–Kier alpha value is -2.29. The lowest BCUT2D eigenvalue weighted by Gasteiger charge is -2.23. The molecule has 2 heterocycles. The van der Waals surface area contributed by atoms with E-state index < -0.39 is 10.0 Å². The fourth-order valence-corrected chi connectivity index (χ4v) is 5.74. The fraction of sp³-hybridized carbons (Fsp3) is 0.333. The van der Waals surface area contributed by atoms with E-state index in [-0.39, 0.29) is 29.8 Å². The number of hydrogen-bond acceptors (Lipinski definition) is 5. The molecule has 1 aliphatic rings. The first-order valence-corrected chi connectivity index (χ1v) is 12.0. The number of thiazole rings is 1. The van der Waals surface area contributed by atoms with Crippen LogP contribution in [0, 0.1) is 6.92 Å². The van der Waals surface area contributed by atoms with E-state index in [1.807, 2.05) is 36.1 Å². The summed E-state index contributed by atoms with van der Waals surface area (Å²) in [5.41, 5.74) is 1.95. The van der Waals surface area contributed by atoms with E-state index in [1.165, 1.54) is 0 Å². The Labute approximate surface area is 174 Å². The second kappa shape index (κ2) is 8.22. The lowest BCUT2D eigenvalue weighted by molar-refractivity contribution is -0.131. The second-order valence-corrected chi connectivity index (χ2v) is 10.1. The maximum Gasteiger partial charge on any atom is 0.240 e. The summed E-state index contributed by atoms with van der Waals surface area (Å²) in [7, 11) is -3.61. The van der Waals surface area contributed by atoms with Gasteiger partial charge in [-0.2, -0.15) is 0 Å². The Bertz CT molecular complexity index is 1090. The van der Waals surface area contributed by atoms with Gasteiger partial charge in [-0.25, -0.2) is 18.1 Å². The first-order valence-electron chi connectivity index (χ1n) is 9.65. The highest BCUT2D eigenvalue weighted by atomic mass is 32.2. The number of amides is 1. The maximum absolute atomic E-state index is 12.8. The fourth-order valence-electron chi connectivity index (χ4n) is 3.59. The smallest absolute Gasteiger partial charge is 0.240 e. The Kier molecular flexibility index (Phi) is 5.67. The largest absolute Gasteiger partial charge is 0.333 e. The van der Waals surface area contributed by atoms with Gasteiger partial charge >= 0.3 is 0 Å². The molecule has 1 amide bonds. The molecule has 0 spiro atoms. The number of sulfonamides is 1. The number of benzene rings is 2. The molecule has 1 atom stereocenters. The molecule has 29 heavy (non-hydrogen) atoms. The third kappa shape index (κ3) is 4.34. The van der Waals surface area contributed by atoms with Gasteiger partial charge in [-0.05, 0) is 44.0 Å². The van der Waals surface area contributed by atoms with Gasteiger partial charge in [0.2, 0.25) is 15.9 Å². The third-order valence-electron chi connectivity index (χ3n) is 5.13. The molecular formula is C21H23N3O3S2. The van der Waals surface area contributed by atoms with Gasteiger partial charge in [-0.3, -0.25) is 4.79 Å². The molecule has 0 radical (unpaired) electrons. The van der Waals surface area contributed by atoms with Crippen molar-refractivity contribution in [2.24, 2.45) is 0 Å². The van der Waals surface area contributed by atoms with Crippen molar-refractivity contribution >= 4 is 37.5 Å². The molecule has 6 nitrogen and oxygen atoms in total. The van der Waals surface area contributed by atoms with Gasteiger partial charge in [-0.15, -0.1) is 11.3 Å². The number of para-hydroxylation sites is 1. The summed E-state index contributed by atoms with van der Waals surface area (Å²) in [6.07, 6.45) is 1.95. The van der Waals surface area contributed by atoms with Gasteiger partial charge in [0.1, 0.15) is 5.01 Å². The Morgan fingerprint density at radius 1 is 1.21 bits per heavy atom. The zero-order valence-electron chi connectivity index (χ0n) is 16.2. The van der Waals surface area contributed by atoms with Crippen molar-refractivity contribution in [1.82, 2.24) is 14.6 Å². The molecule has 1 aromatic heterocycles. The van der Waals surface area contributed by atoms with Crippen LogP contribution in [0.4, 0.5) is 0 Å². The number of rotatable bonds is 6. The molecule has 1 N–H and O–H groups in total. The van der Waals surface area contributed by atoms with E-state index in [1.54, 1.807) is 35.6 Å². The van der Waals surface area contributed by atoms with E-state index in [2.05, 4.69) is 4.72 Å². The SMILES string of the molecule is Cc1ccc(S(=O)(=O)NCCC(=O)N2CCC[C@@H]2c2nc3ccccc3s2)cc1. The third-order valence-corrected chi connectivity index (χ3v) is 7.75. The van der Waals surface area contributed by atoms with Crippen LogP contribution in [0.2, 0.25) is 0 Å². The minimum atomic E-state index is -3.61. The molecule has 2 aromatic carbocycles. The van der Waals surface area contributed by atoms with E-state index in [0.717, 1.165) is 33.6 Å². The number of nitrogens with one attached hydrogen (secondary N) is 1. The molecule has 8 heteroatoms. The number of carbonyl (C=O) groups excluding carboxylic acids is 1. The van der Waals surface area contributed by atoms with Crippen molar-refractivity contribution in [3.63, 3.8) is 0 Å². The summed E-state index contributed by atoms with van der Waals surface area (Å²) < 4.78 is 28.4. The molecular weight excluding hydrogens is 406 g/mol. The van der Waals surface area contributed by atoms with Crippen molar-refractivity contribution in [1.29, 1.82) is 0 Å². The highest BCUT2D eigenvalue weighted by molar-refractivity contribution is 7.89. The molecule has 0 saturated carbocycles. The van der Waals surface area contributed by atoms with Gasteiger partial charge in [0, 0.05) is 19.5 Å². The number of carbonyl (C=O) groups is 1. The summed E-state index contributed by atoms with van der Waals surface area (Å²) in [6, 6.07) is 14.6. The van der Waals surface area contributed by atoms with Crippen LogP contribution < -0.4 is 4.72 Å². The topological polar surface area (TPSA) is 79.4 Å². The van der Waals surface area contributed by atoms with Gasteiger partial charge in [0.05, 0.1) is 21.2 Å². The molecule has 0 bridgehead atoms. The minimum Gasteiger partial charge on any atom is -0.333 e. The van der Waals surface area contributed by atoms with Crippen LogP contribution in [0.3, 0.4) is 0 Å². The average Bonchev–Trinajstić information content (AvgIpc) is 3.34. The Morgan fingerprint density at radius 2 is 1.97 bits per heavy atom. The van der Waals surface area contributed by atoms with Crippen molar-refractivity contribution in [3.8, 4) is 0 Å². The summed E-state index contributed by atoms with van der Waals surface area (Å²) in [5, 5.41) is 0.956. The lowest BCUT2D eigenvalue weighted by Crippen LogP contribution is -2.34. The number of nitrogens with zero attached hydrogens (tertiary/aromatic N) is 2. The highest BCUT2D eigenvalue weighted by Gasteiger charge is 2.32. The van der Waals surface area contributed by atoms with Gasteiger partial charge in [-0.1, -0.05) is 29.8 Å². The average molecular weight is 430 g/mol. The molecule has 152 valence electrons. The first-order chi connectivity index (χ1) is 13.9. The van der Waals surface area contributed by atoms with E-state index >= 15 is 0 Å². The number of hydrogen-bond donors (Lipinski definition) is 1. The van der Waals surface area contributed by atoms with Crippen molar-refractivity contribution in [3.05, 3.63) is 59.1 Å². The summed E-state index contributed by atoms with van der Waals surface area (Å²) in [4.78, 5) is 19.5. The van der Waals surface area contributed by atoms with Gasteiger partial charge in [0.15, 0.2) is 0 Å². The molecule has 4 rings (SSSR count). The minimum absolute atomic E-state index is 0.0198. The maximum atomic E-state index is 12.8. The zero-order valence-corrected chi connectivity index (χ0v) is 17.8. The molecule has 1 fully saturated rings.